The summed E-state index contributed by atoms with van der Waals surface area (Å²) in [4.78, 5) is 14.4. The standard InChI is InChI=1S/C17H29N3O3/c1-13-9-14(2)20(18-13)8-6-7-16(21)19-10-15(11-22-5)23-17(3,4)12-19/h9,15H,6-8,10-12H2,1-5H3. The number of carbonyl (C=O) groups is 1. The lowest BCUT2D eigenvalue weighted by Gasteiger charge is -2.42. The number of methoxy groups -OCH3 is 1. The van der Waals surface area contributed by atoms with Crippen LogP contribution < -0.4 is 0 Å². The van der Waals surface area contributed by atoms with Crippen molar-refractivity contribution in [2.24, 2.45) is 0 Å². The zero-order valence-corrected chi connectivity index (χ0v) is 15.0. The Morgan fingerprint density at radius 1 is 1.48 bits per heavy atom. The SMILES string of the molecule is COCC1CN(C(=O)CCCn2nc(C)cc2C)CC(C)(C)O1. The van der Waals surface area contributed by atoms with Gasteiger partial charge in [-0.1, -0.05) is 0 Å². The molecule has 0 aliphatic carbocycles. The molecule has 0 bridgehead atoms. The van der Waals surface area contributed by atoms with E-state index in [1.807, 2.05) is 37.3 Å². The quantitative estimate of drug-likeness (QED) is 0.803. The van der Waals surface area contributed by atoms with Crippen molar-refractivity contribution in [2.45, 2.75) is 58.8 Å². The minimum atomic E-state index is -0.327. The second-order valence-corrected chi connectivity index (χ2v) is 6.98. The molecule has 1 aliphatic rings. The smallest absolute Gasteiger partial charge is 0.222 e. The lowest BCUT2D eigenvalue weighted by molar-refractivity contribution is -0.168. The molecule has 0 spiro atoms. The van der Waals surface area contributed by atoms with E-state index in [9.17, 15) is 4.79 Å². The third-order valence-electron chi connectivity index (χ3n) is 4.05. The zero-order chi connectivity index (χ0) is 17.0. The van der Waals surface area contributed by atoms with E-state index in [0.29, 0.717) is 26.1 Å². The molecule has 1 aromatic heterocycles. The second kappa shape index (κ2) is 7.45. The number of hydrogen-bond acceptors (Lipinski definition) is 4. The van der Waals surface area contributed by atoms with Gasteiger partial charge < -0.3 is 14.4 Å². The summed E-state index contributed by atoms with van der Waals surface area (Å²) in [7, 11) is 1.66. The van der Waals surface area contributed by atoms with Gasteiger partial charge in [-0.2, -0.15) is 5.10 Å². The number of amides is 1. The van der Waals surface area contributed by atoms with Gasteiger partial charge in [0.05, 0.1) is 24.0 Å². The highest BCUT2D eigenvalue weighted by Gasteiger charge is 2.35. The Kier molecular flexibility index (Phi) is 5.81. The fraction of sp³-hybridized carbons (Fsp3) is 0.765. The molecule has 6 heteroatoms. The van der Waals surface area contributed by atoms with Gasteiger partial charge in [0.15, 0.2) is 0 Å². The monoisotopic (exact) mass is 323 g/mol. The predicted molar refractivity (Wildman–Crippen MR) is 88.3 cm³/mol. The van der Waals surface area contributed by atoms with Crippen molar-refractivity contribution in [3.63, 3.8) is 0 Å². The molecule has 1 amide bonds. The van der Waals surface area contributed by atoms with Crippen molar-refractivity contribution in [1.82, 2.24) is 14.7 Å². The number of hydrogen-bond donors (Lipinski definition) is 0. The highest BCUT2D eigenvalue weighted by atomic mass is 16.5. The van der Waals surface area contributed by atoms with Gasteiger partial charge in [-0.25, -0.2) is 0 Å². The van der Waals surface area contributed by atoms with Crippen LogP contribution in [0.25, 0.3) is 0 Å². The van der Waals surface area contributed by atoms with E-state index in [-0.39, 0.29) is 17.6 Å². The topological polar surface area (TPSA) is 56.6 Å². The lowest BCUT2D eigenvalue weighted by Crippen LogP contribution is -2.55. The fourth-order valence-electron chi connectivity index (χ4n) is 3.20. The summed E-state index contributed by atoms with van der Waals surface area (Å²) in [5.74, 6) is 0.184. The van der Waals surface area contributed by atoms with Crippen LogP contribution in [0.3, 0.4) is 0 Å². The fourth-order valence-corrected chi connectivity index (χ4v) is 3.20. The van der Waals surface area contributed by atoms with E-state index in [0.717, 1.165) is 24.4 Å². The molecule has 1 atom stereocenters. The normalized spacial score (nSPS) is 20.7. The first kappa shape index (κ1) is 17.9. The molecule has 0 N–H and O–H groups in total. The molecule has 23 heavy (non-hydrogen) atoms. The molecule has 1 unspecified atom stereocenters. The molecule has 0 aromatic carbocycles. The molecule has 1 saturated heterocycles. The Hall–Kier alpha value is -1.40. The highest BCUT2D eigenvalue weighted by molar-refractivity contribution is 5.76. The maximum Gasteiger partial charge on any atom is 0.222 e. The van der Waals surface area contributed by atoms with Crippen LogP contribution in [0, 0.1) is 13.8 Å². The molecular formula is C17H29N3O3. The summed E-state index contributed by atoms with van der Waals surface area (Å²) < 4.78 is 13.1. The van der Waals surface area contributed by atoms with E-state index in [4.69, 9.17) is 9.47 Å². The van der Waals surface area contributed by atoms with E-state index >= 15 is 0 Å². The average Bonchev–Trinajstić information content (AvgIpc) is 2.75. The number of ether oxygens (including phenoxy) is 2. The summed E-state index contributed by atoms with van der Waals surface area (Å²) in [6.45, 7) is 10.6. The van der Waals surface area contributed by atoms with Gasteiger partial charge >= 0.3 is 0 Å². The maximum absolute atomic E-state index is 12.5. The Labute approximate surface area is 138 Å². The minimum absolute atomic E-state index is 0.0521. The van der Waals surface area contributed by atoms with Crippen LogP contribution >= 0.6 is 0 Å². The number of nitrogens with zero attached hydrogens (tertiary/aromatic N) is 3. The first-order valence-electron chi connectivity index (χ1n) is 8.26. The largest absolute Gasteiger partial charge is 0.382 e. The van der Waals surface area contributed by atoms with Crippen molar-refractivity contribution in [2.75, 3.05) is 26.8 Å². The van der Waals surface area contributed by atoms with Gasteiger partial charge in [0, 0.05) is 38.9 Å². The zero-order valence-electron chi connectivity index (χ0n) is 15.0. The van der Waals surface area contributed by atoms with Crippen molar-refractivity contribution in [1.29, 1.82) is 0 Å². The molecule has 2 rings (SSSR count). The molecule has 6 nitrogen and oxygen atoms in total. The first-order chi connectivity index (χ1) is 10.8. The van der Waals surface area contributed by atoms with Crippen LogP contribution in [0.2, 0.25) is 0 Å². The molecule has 2 heterocycles. The molecule has 0 radical (unpaired) electrons. The van der Waals surface area contributed by atoms with Gasteiger partial charge in [-0.05, 0) is 40.2 Å². The van der Waals surface area contributed by atoms with Gasteiger partial charge in [0.2, 0.25) is 5.91 Å². The number of carbonyl (C=O) groups excluding carboxylic acids is 1. The minimum Gasteiger partial charge on any atom is -0.382 e. The Bertz CT molecular complexity index is 539. The lowest BCUT2D eigenvalue weighted by atomic mass is 10.0. The average molecular weight is 323 g/mol. The summed E-state index contributed by atoms with van der Waals surface area (Å²) in [6, 6.07) is 2.06. The molecule has 1 aliphatic heterocycles. The summed E-state index contributed by atoms with van der Waals surface area (Å²) >= 11 is 0. The van der Waals surface area contributed by atoms with E-state index in [2.05, 4.69) is 11.2 Å². The van der Waals surface area contributed by atoms with Gasteiger partial charge in [0.25, 0.3) is 0 Å². The third-order valence-corrected chi connectivity index (χ3v) is 4.05. The number of morpholine rings is 1. The van der Waals surface area contributed by atoms with E-state index < -0.39 is 0 Å². The van der Waals surface area contributed by atoms with Crippen molar-refractivity contribution in [3.05, 3.63) is 17.5 Å². The molecule has 130 valence electrons. The molecule has 1 fully saturated rings. The van der Waals surface area contributed by atoms with Crippen molar-refractivity contribution < 1.29 is 14.3 Å². The van der Waals surface area contributed by atoms with Crippen LogP contribution in [-0.2, 0) is 20.8 Å². The number of aryl methyl sites for hydroxylation is 3. The predicted octanol–water partition coefficient (Wildman–Crippen LogP) is 1.93. The Morgan fingerprint density at radius 2 is 2.22 bits per heavy atom. The Balaban J connectivity index is 1.85. The van der Waals surface area contributed by atoms with Gasteiger partial charge in [-0.3, -0.25) is 9.48 Å². The summed E-state index contributed by atoms with van der Waals surface area (Å²) in [6.07, 6.45) is 1.28. The first-order valence-corrected chi connectivity index (χ1v) is 8.26. The molecule has 1 aromatic rings. The van der Waals surface area contributed by atoms with E-state index in [1.54, 1.807) is 7.11 Å². The van der Waals surface area contributed by atoms with Crippen LogP contribution in [0.15, 0.2) is 6.07 Å². The number of rotatable bonds is 6. The second-order valence-electron chi connectivity index (χ2n) is 6.98. The van der Waals surface area contributed by atoms with Gasteiger partial charge in [0.1, 0.15) is 0 Å². The van der Waals surface area contributed by atoms with Crippen LogP contribution in [-0.4, -0.2) is 59.1 Å². The van der Waals surface area contributed by atoms with Crippen molar-refractivity contribution >= 4 is 5.91 Å². The van der Waals surface area contributed by atoms with Crippen molar-refractivity contribution in [3.8, 4) is 0 Å². The third kappa shape index (κ3) is 5.04. The highest BCUT2D eigenvalue weighted by Crippen LogP contribution is 2.22. The van der Waals surface area contributed by atoms with Gasteiger partial charge in [-0.15, -0.1) is 0 Å². The summed E-state index contributed by atoms with van der Waals surface area (Å²) in [5.41, 5.74) is 1.83. The van der Waals surface area contributed by atoms with Crippen LogP contribution in [0.4, 0.5) is 0 Å². The molecular weight excluding hydrogens is 294 g/mol. The van der Waals surface area contributed by atoms with E-state index in [1.165, 1.54) is 0 Å². The summed E-state index contributed by atoms with van der Waals surface area (Å²) in [5, 5.41) is 4.43. The van der Waals surface area contributed by atoms with Crippen LogP contribution in [0.5, 0.6) is 0 Å². The van der Waals surface area contributed by atoms with Crippen LogP contribution in [0.1, 0.15) is 38.1 Å². The number of aromatic nitrogens is 2. The maximum atomic E-state index is 12.5. The Morgan fingerprint density at radius 3 is 2.83 bits per heavy atom. The molecule has 0 saturated carbocycles.